The zero-order valence-corrected chi connectivity index (χ0v) is 17.6. The molecule has 1 aromatic heterocycles. The summed E-state index contributed by atoms with van der Waals surface area (Å²) in [6, 6.07) is 8.91. The van der Waals surface area contributed by atoms with Crippen molar-refractivity contribution in [2.75, 3.05) is 11.9 Å². The molecule has 8 nitrogen and oxygen atoms in total. The molecule has 0 bridgehead atoms. The van der Waals surface area contributed by atoms with Crippen LogP contribution in [0.2, 0.25) is 0 Å². The first-order chi connectivity index (χ1) is 15.1. The molecule has 1 saturated carbocycles. The van der Waals surface area contributed by atoms with Gasteiger partial charge < -0.3 is 15.5 Å². The van der Waals surface area contributed by atoms with Crippen LogP contribution in [0, 0.1) is 0 Å². The molecule has 2 heterocycles. The summed E-state index contributed by atoms with van der Waals surface area (Å²) in [6.07, 6.45) is 9.75. The quantitative estimate of drug-likeness (QED) is 0.716. The van der Waals surface area contributed by atoms with E-state index in [4.69, 9.17) is 0 Å². The second-order valence-corrected chi connectivity index (χ2v) is 8.32. The lowest BCUT2D eigenvalue weighted by Gasteiger charge is -2.34. The first kappa shape index (κ1) is 21.1. The molecule has 8 heteroatoms. The van der Waals surface area contributed by atoms with Gasteiger partial charge in [-0.25, -0.2) is 0 Å². The van der Waals surface area contributed by atoms with E-state index in [1.807, 2.05) is 30.3 Å². The Hall–Kier alpha value is -3.16. The number of hydrogen-bond acceptors (Lipinski definition) is 4. The summed E-state index contributed by atoms with van der Waals surface area (Å²) in [4.78, 5) is 39.6. The van der Waals surface area contributed by atoms with Gasteiger partial charge in [-0.15, -0.1) is 0 Å². The van der Waals surface area contributed by atoms with Crippen LogP contribution in [0.4, 0.5) is 5.69 Å². The van der Waals surface area contributed by atoms with E-state index in [2.05, 4.69) is 15.7 Å². The van der Waals surface area contributed by atoms with E-state index in [1.54, 1.807) is 11.1 Å². The minimum Gasteiger partial charge on any atom is -0.352 e. The monoisotopic (exact) mass is 423 g/mol. The minimum absolute atomic E-state index is 0.00506. The highest BCUT2D eigenvalue weighted by atomic mass is 16.2. The summed E-state index contributed by atoms with van der Waals surface area (Å²) in [5, 5.41) is 10.1. The third-order valence-corrected chi connectivity index (χ3v) is 5.96. The largest absolute Gasteiger partial charge is 0.352 e. The summed E-state index contributed by atoms with van der Waals surface area (Å²) in [6.45, 7) is 0.672. The van der Waals surface area contributed by atoms with Crippen LogP contribution >= 0.6 is 0 Å². The summed E-state index contributed by atoms with van der Waals surface area (Å²) < 4.78 is 1.52. The molecule has 1 aliphatic heterocycles. The van der Waals surface area contributed by atoms with Crippen LogP contribution in [-0.2, 0) is 20.9 Å². The topological polar surface area (TPSA) is 96.3 Å². The van der Waals surface area contributed by atoms with Crippen LogP contribution in [-0.4, -0.2) is 45.0 Å². The predicted octanol–water partition coefficient (Wildman–Crippen LogP) is 2.63. The maximum atomic E-state index is 13.2. The molecule has 1 atom stereocenters. The van der Waals surface area contributed by atoms with E-state index in [1.165, 1.54) is 10.9 Å². The number of carbonyl (C=O) groups excluding carboxylic acids is 3. The van der Waals surface area contributed by atoms with Gasteiger partial charge in [0.15, 0.2) is 0 Å². The Morgan fingerprint density at radius 1 is 1.10 bits per heavy atom. The van der Waals surface area contributed by atoms with Gasteiger partial charge >= 0.3 is 0 Å². The number of rotatable bonds is 7. The molecule has 4 rings (SSSR count). The first-order valence-electron chi connectivity index (χ1n) is 11.1. The van der Waals surface area contributed by atoms with Gasteiger partial charge in [0.2, 0.25) is 11.8 Å². The van der Waals surface area contributed by atoms with Crippen molar-refractivity contribution in [1.82, 2.24) is 20.0 Å². The molecular formula is C23H29N5O3. The van der Waals surface area contributed by atoms with Crippen LogP contribution in [0.15, 0.2) is 42.7 Å². The molecule has 2 N–H and O–H groups in total. The lowest BCUT2D eigenvalue weighted by Crippen LogP contribution is -2.43. The van der Waals surface area contributed by atoms with Crippen molar-refractivity contribution < 1.29 is 14.4 Å². The van der Waals surface area contributed by atoms with Gasteiger partial charge in [0.1, 0.15) is 12.6 Å². The van der Waals surface area contributed by atoms with Crippen molar-refractivity contribution in [3.8, 4) is 0 Å². The third kappa shape index (κ3) is 5.31. The van der Waals surface area contributed by atoms with E-state index in [-0.39, 0.29) is 30.3 Å². The predicted molar refractivity (Wildman–Crippen MR) is 116 cm³/mol. The highest BCUT2D eigenvalue weighted by molar-refractivity contribution is 5.97. The number of piperidine rings is 1. The van der Waals surface area contributed by atoms with Crippen molar-refractivity contribution in [3.63, 3.8) is 0 Å². The van der Waals surface area contributed by atoms with E-state index >= 15 is 0 Å². The number of hydrogen-bond donors (Lipinski definition) is 2. The second kappa shape index (κ2) is 9.76. The van der Waals surface area contributed by atoms with Crippen molar-refractivity contribution >= 4 is 23.4 Å². The zero-order chi connectivity index (χ0) is 21.6. The smallest absolute Gasteiger partial charge is 0.251 e. The van der Waals surface area contributed by atoms with Crippen LogP contribution in [0.5, 0.6) is 0 Å². The maximum Gasteiger partial charge on any atom is 0.251 e. The molecular weight excluding hydrogens is 394 g/mol. The molecule has 1 aliphatic carbocycles. The second-order valence-electron chi connectivity index (χ2n) is 8.32. The zero-order valence-electron chi connectivity index (χ0n) is 17.6. The molecule has 1 unspecified atom stereocenters. The Balaban J connectivity index is 1.42. The molecule has 1 saturated heterocycles. The highest BCUT2D eigenvalue weighted by Gasteiger charge is 2.32. The van der Waals surface area contributed by atoms with Gasteiger partial charge in [-0.1, -0.05) is 43.2 Å². The highest BCUT2D eigenvalue weighted by Crippen LogP contribution is 2.27. The van der Waals surface area contributed by atoms with Gasteiger partial charge in [-0.2, -0.15) is 5.10 Å². The Morgan fingerprint density at radius 2 is 1.87 bits per heavy atom. The Morgan fingerprint density at radius 3 is 2.61 bits per heavy atom. The normalized spacial score (nSPS) is 18.1. The summed E-state index contributed by atoms with van der Waals surface area (Å²) in [7, 11) is 0. The van der Waals surface area contributed by atoms with E-state index in [9.17, 15) is 14.4 Å². The lowest BCUT2D eigenvalue weighted by molar-refractivity contribution is -0.141. The third-order valence-electron chi connectivity index (χ3n) is 5.96. The fraction of sp³-hybridized carbons (Fsp3) is 0.478. The number of nitrogens with one attached hydrogen (secondary N) is 2. The number of amides is 3. The van der Waals surface area contributed by atoms with Gasteiger partial charge in [0, 0.05) is 25.2 Å². The summed E-state index contributed by atoms with van der Waals surface area (Å²) in [5.74, 6) is -0.361. The van der Waals surface area contributed by atoms with Crippen LogP contribution in [0.25, 0.3) is 0 Å². The van der Waals surface area contributed by atoms with Crippen molar-refractivity contribution in [2.45, 2.75) is 63.6 Å². The number of carbonyl (C=O) groups is 3. The molecule has 3 amide bonds. The van der Waals surface area contributed by atoms with Crippen molar-refractivity contribution in [1.29, 1.82) is 0 Å². The van der Waals surface area contributed by atoms with Crippen LogP contribution in [0.1, 0.15) is 56.6 Å². The van der Waals surface area contributed by atoms with Gasteiger partial charge in [-0.05, 0) is 31.2 Å². The van der Waals surface area contributed by atoms with Crippen LogP contribution < -0.4 is 10.6 Å². The van der Waals surface area contributed by atoms with E-state index < -0.39 is 6.04 Å². The SMILES string of the molecule is O=C(Cn1cc(NC(=O)C(c2ccccc2)N2CCCCC2=O)cn1)NC1CCCC1. The number of anilines is 1. The fourth-order valence-corrected chi connectivity index (χ4v) is 4.42. The minimum atomic E-state index is -0.692. The maximum absolute atomic E-state index is 13.2. The molecule has 0 radical (unpaired) electrons. The molecule has 0 spiro atoms. The Bertz CT molecular complexity index is 920. The number of aromatic nitrogens is 2. The molecule has 1 aromatic carbocycles. The first-order valence-corrected chi connectivity index (χ1v) is 11.1. The van der Waals surface area contributed by atoms with Gasteiger partial charge in [0.25, 0.3) is 5.91 Å². The van der Waals surface area contributed by atoms with Gasteiger partial charge in [0.05, 0.1) is 11.9 Å². The number of likely N-dealkylation sites (tertiary alicyclic amines) is 1. The van der Waals surface area contributed by atoms with Crippen molar-refractivity contribution in [2.24, 2.45) is 0 Å². The Kier molecular flexibility index (Phi) is 6.64. The molecule has 31 heavy (non-hydrogen) atoms. The number of benzene rings is 1. The number of nitrogens with zero attached hydrogens (tertiary/aromatic N) is 3. The summed E-state index contributed by atoms with van der Waals surface area (Å²) >= 11 is 0. The van der Waals surface area contributed by atoms with E-state index in [0.717, 1.165) is 44.1 Å². The average Bonchev–Trinajstić information content (AvgIpc) is 3.42. The average molecular weight is 424 g/mol. The van der Waals surface area contributed by atoms with E-state index in [0.29, 0.717) is 18.7 Å². The van der Waals surface area contributed by atoms with Crippen molar-refractivity contribution in [3.05, 3.63) is 48.3 Å². The fourth-order valence-electron chi connectivity index (χ4n) is 4.42. The van der Waals surface area contributed by atoms with Gasteiger partial charge in [-0.3, -0.25) is 19.1 Å². The molecule has 2 aromatic rings. The molecule has 2 aliphatic rings. The standard InChI is InChI=1S/C23H29N5O3/c29-20(25-18-10-4-5-11-18)16-27-15-19(14-24-27)26-23(31)22(17-8-2-1-3-9-17)28-13-7-6-12-21(28)30/h1-3,8-9,14-15,18,22H,4-7,10-13,16H2,(H,25,29)(H,26,31). The van der Waals surface area contributed by atoms with Crippen LogP contribution in [0.3, 0.4) is 0 Å². The Labute approximate surface area is 182 Å². The lowest BCUT2D eigenvalue weighted by atomic mass is 10.0. The summed E-state index contributed by atoms with van der Waals surface area (Å²) in [5.41, 5.74) is 1.28. The molecule has 164 valence electrons. The molecule has 2 fully saturated rings.